The lowest BCUT2D eigenvalue weighted by Gasteiger charge is -2.09. The molecular weight excluding hydrogens is 324 g/mol. The second-order valence-electron chi connectivity index (χ2n) is 5.16. The topological polar surface area (TPSA) is 67.4 Å². The molecule has 0 fully saturated rings. The standard InChI is InChI=1S/C18H20N2O3S/c1-13-6-5-7-14(10-13)19-17(21)11-24-12-18(22)20-15-8-3-4-9-16(15)23-2/h3-10H,11-12H2,1-2H3,(H,19,21)(H,20,22). The SMILES string of the molecule is COc1ccccc1NC(=O)CSCC(=O)Nc1cccc(C)c1. The number of methoxy groups -OCH3 is 1. The highest BCUT2D eigenvalue weighted by Crippen LogP contribution is 2.23. The minimum atomic E-state index is -0.173. The second-order valence-corrected chi connectivity index (χ2v) is 6.14. The Balaban J connectivity index is 1.75. The number of amides is 2. The minimum Gasteiger partial charge on any atom is -0.495 e. The summed E-state index contributed by atoms with van der Waals surface area (Å²) in [4.78, 5) is 23.8. The molecular formula is C18H20N2O3S. The third kappa shape index (κ3) is 5.62. The predicted molar refractivity (Wildman–Crippen MR) is 98.8 cm³/mol. The number of hydrogen-bond acceptors (Lipinski definition) is 4. The molecule has 0 aliphatic rings. The summed E-state index contributed by atoms with van der Waals surface area (Å²) >= 11 is 1.26. The second kappa shape index (κ2) is 8.98. The Labute approximate surface area is 145 Å². The number of ether oxygens (including phenoxy) is 1. The zero-order chi connectivity index (χ0) is 17.4. The fourth-order valence-electron chi connectivity index (χ4n) is 2.09. The van der Waals surface area contributed by atoms with Crippen molar-refractivity contribution >= 4 is 35.0 Å². The Morgan fingerprint density at radius 2 is 1.71 bits per heavy atom. The lowest BCUT2D eigenvalue weighted by Crippen LogP contribution is -2.18. The molecule has 5 nitrogen and oxygen atoms in total. The Bertz CT molecular complexity index is 719. The molecule has 0 saturated carbocycles. The molecule has 2 amide bonds. The van der Waals surface area contributed by atoms with Crippen LogP contribution >= 0.6 is 11.8 Å². The lowest BCUT2D eigenvalue weighted by atomic mass is 10.2. The maximum atomic E-state index is 11.9. The van der Waals surface area contributed by atoms with Gasteiger partial charge in [0, 0.05) is 5.69 Å². The summed E-state index contributed by atoms with van der Waals surface area (Å²) in [5, 5.41) is 5.59. The van der Waals surface area contributed by atoms with Crippen molar-refractivity contribution in [1.82, 2.24) is 0 Å². The first-order valence-electron chi connectivity index (χ1n) is 7.45. The Hall–Kier alpha value is -2.47. The van der Waals surface area contributed by atoms with Gasteiger partial charge in [-0.1, -0.05) is 24.3 Å². The summed E-state index contributed by atoms with van der Waals surface area (Å²) in [5.41, 5.74) is 2.46. The molecule has 0 saturated heterocycles. The van der Waals surface area contributed by atoms with Gasteiger partial charge >= 0.3 is 0 Å². The maximum Gasteiger partial charge on any atom is 0.234 e. The van der Waals surface area contributed by atoms with E-state index in [1.165, 1.54) is 11.8 Å². The van der Waals surface area contributed by atoms with Crippen LogP contribution in [0.5, 0.6) is 5.75 Å². The van der Waals surface area contributed by atoms with E-state index in [-0.39, 0.29) is 23.3 Å². The van der Waals surface area contributed by atoms with Crippen molar-refractivity contribution in [3.63, 3.8) is 0 Å². The van der Waals surface area contributed by atoms with Crippen molar-refractivity contribution in [2.75, 3.05) is 29.2 Å². The molecule has 0 aliphatic heterocycles. The van der Waals surface area contributed by atoms with Gasteiger partial charge in [-0.05, 0) is 36.8 Å². The summed E-state index contributed by atoms with van der Waals surface area (Å²) in [6.07, 6.45) is 0. The molecule has 24 heavy (non-hydrogen) atoms. The van der Waals surface area contributed by atoms with Crippen LogP contribution in [-0.4, -0.2) is 30.4 Å². The molecule has 0 radical (unpaired) electrons. The van der Waals surface area contributed by atoms with Gasteiger partial charge in [0.1, 0.15) is 5.75 Å². The number of benzene rings is 2. The molecule has 0 spiro atoms. The highest BCUT2D eigenvalue weighted by Gasteiger charge is 2.09. The van der Waals surface area contributed by atoms with Crippen LogP contribution in [0.1, 0.15) is 5.56 Å². The highest BCUT2D eigenvalue weighted by atomic mass is 32.2. The molecule has 2 N–H and O–H groups in total. The van der Waals surface area contributed by atoms with Gasteiger partial charge in [0.05, 0.1) is 24.3 Å². The molecule has 2 rings (SSSR count). The highest BCUT2D eigenvalue weighted by molar-refractivity contribution is 8.00. The van der Waals surface area contributed by atoms with Crippen molar-refractivity contribution in [3.8, 4) is 5.75 Å². The number of rotatable bonds is 7. The third-order valence-corrected chi connectivity index (χ3v) is 4.08. The van der Waals surface area contributed by atoms with Gasteiger partial charge < -0.3 is 15.4 Å². The Morgan fingerprint density at radius 1 is 1.00 bits per heavy atom. The fraction of sp³-hybridized carbons (Fsp3) is 0.222. The summed E-state index contributed by atoms with van der Waals surface area (Å²) in [7, 11) is 1.55. The first-order valence-corrected chi connectivity index (χ1v) is 8.61. The molecule has 0 atom stereocenters. The Kier molecular flexibility index (Phi) is 6.69. The smallest absolute Gasteiger partial charge is 0.234 e. The first kappa shape index (κ1) is 17.9. The van der Waals surface area contributed by atoms with Gasteiger partial charge in [-0.2, -0.15) is 0 Å². The normalized spacial score (nSPS) is 10.1. The number of carbonyl (C=O) groups excluding carboxylic acids is 2. The van der Waals surface area contributed by atoms with E-state index >= 15 is 0 Å². The van der Waals surface area contributed by atoms with E-state index in [9.17, 15) is 9.59 Å². The third-order valence-electron chi connectivity index (χ3n) is 3.15. The van der Waals surface area contributed by atoms with Gasteiger partial charge in [-0.15, -0.1) is 11.8 Å². The van der Waals surface area contributed by atoms with E-state index in [1.54, 1.807) is 19.2 Å². The summed E-state index contributed by atoms with van der Waals surface area (Å²) in [5.74, 6) is 0.712. The molecule has 0 bridgehead atoms. The fourth-order valence-corrected chi connectivity index (χ4v) is 2.71. The van der Waals surface area contributed by atoms with Crippen molar-refractivity contribution in [3.05, 3.63) is 54.1 Å². The first-order chi connectivity index (χ1) is 11.6. The van der Waals surface area contributed by atoms with Gasteiger partial charge in [0.2, 0.25) is 11.8 Å². The van der Waals surface area contributed by atoms with Crippen LogP contribution < -0.4 is 15.4 Å². The van der Waals surface area contributed by atoms with E-state index in [4.69, 9.17) is 4.74 Å². The van der Waals surface area contributed by atoms with E-state index < -0.39 is 0 Å². The monoisotopic (exact) mass is 344 g/mol. The van der Waals surface area contributed by atoms with Crippen molar-refractivity contribution < 1.29 is 14.3 Å². The van der Waals surface area contributed by atoms with Crippen molar-refractivity contribution in [2.45, 2.75) is 6.92 Å². The predicted octanol–water partition coefficient (Wildman–Crippen LogP) is 3.31. The molecule has 2 aromatic rings. The number of hydrogen-bond donors (Lipinski definition) is 2. The molecule has 126 valence electrons. The van der Waals surface area contributed by atoms with E-state index in [2.05, 4.69) is 10.6 Å². The van der Waals surface area contributed by atoms with Crippen LogP contribution in [0.15, 0.2) is 48.5 Å². The number of para-hydroxylation sites is 2. The van der Waals surface area contributed by atoms with Crippen LogP contribution in [0.2, 0.25) is 0 Å². The van der Waals surface area contributed by atoms with E-state index in [0.717, 1.165) is 11.3 Å². The minimum absolute atomic E-state index is 0.129. The quantitative estimate of drug-likeness (QED) is 0.809. The zero-order valence-electron chi connectivity index (χ0n) is 13.7. The van der Waals surface area contributed by atoms with Gasteiger partial charge in [-0.25, -0.2) is 0 Å². The van der Waals surface area contributed by atoms with Gasteiger partial charge in [0.15, 0.2) is 0 Å². The average Bonchev–Trinajstić information content (AvgIpc) is 2.55. The lowest BCUT2D eigenvalue weighted by molar-refractivity contribution is -0.114. The van der Waals surface area contributed by atoms with E-state index in [1.807, 2.05) is 43.3 Å². The zero-order valence-corrected chi connectivity index (χ0v) is 14.5. The molecule has 0 aliphatic carbocycles. The summed E-state index contributed by atoms with van der Waals surface area (Å²) < 4.78 is 5.18. The van der Waals surface area contributed by atoms with Crippen molar-refractivity contribution in [2.24, 2.45) is 0 Å². The largest absolute Gasteiger partial charge is 0.495 e. The van der Waals surface area contributed by atoms with Crippen LogP contribution in [0.25, 0.3) is 0 Å². The molecule has 6 heteroatoms. The van der Waals surface area contributed by atoms with Crippen LogP contribution in [0.3, 0.4) is 0 Å². The summed E-state index contributed by atoms with van der Waals surface area (Å²) in [6.45, 7) is 1.96. The average molecular weight is 344 g/mol. The van der Waals surface area contributed by atoms with Crippen LogP contribution in [0, 0.1) is 6.92 Å². The molecule has 0 unspecified atom stereocenters. The van der Waals surface area contributed by atoms with E-state index in [0.29, 0.717) is 11.4 Å². The maximum absolute atomic E-state index is 11.9. The number of carbonyl (C=O) groups is 2. The number of aryl methyl sites for hydroxylation is 1. The van der Waals surface area contributed by atoms with Gasteiger partial charge in [0.25, 0.3) is 0 Å². The molecule has 0 heterocycles. The number of nitrogens with one attached hydrogen (secondary N) is 2. The molecule has 2 aromatic carbocycles. The Morgan fingerprint density at radius 3 is 2.42 bits per heavy atom. The van der Waals surface area contributed by atoms with Crippen molar-refractivity contribution in [1.29, 1.82) is 0 Å². The summed E-state index contributed by atoms with van der Waals surface area (Å²) in [6, 6.07) is 14.8. The van der Waals surface area contributed by atoms with Crippen LogP contribution in [-0.2, 0) is 9.59 Å². The number of anilines is 2. The molecule has 0 aromatic heterocycles. The number of thioether (sulfide) groups is 1. The van der Waals surface area contributed by atoms with Gasteiger partial charge in [-0.3, -0.25) is 9.59 Å². The van der Waals surface area contributed by atoms with Crippen LogP contribution in [0.4, 0.5) is 11.4 Å².